The molecule has 3 aromatic rings. The maximum atomic E-state index is 11.6. The Bertz CT molecular complexity index is 867. The normalized spacial score (nSPS) is 14.1. The minimum atomic E-state index is -0.234. The molecule has 0 saturated heterocycles. The lowest BCUT2D eigenvalue weighted by Gasteiger charge is -2.04. The molecule has 0 aliphatic carbocycles. The van der Waals surface area contributed by atoms with Crippen molar-refractivity contribution in [1.82, 2.24) is 30.0 Å². The number of rotatable bonds is 4. The molecule has 1 amide bonds. The summed E-state index contributed by atoms with van der Waals surface area (Å²) in [4.78, 5) is 16.1. The highest BCUT2D eigenvalue weighted by atomic mass is 16.4. The minimum absolute atomic E-state index is 0.234. The van der Waals surface area contributed by atoms with E-state index in [1.807, 2.05) is 15.4 Å². The van der Waals surface area contributed by atoms with Crippen molar-refractivity contribution >= 4 is 5.91 Å². The highest BCUT2D eigenvalue weighted by Gasteiger charge is 2.16. The van der Waals surface area contributed by atoms with Crippen LogP contribution in [-0.2, 0) is 19.6 Å². The van der Waals surface area contributed by atoms with Crippen molar-refractivity contribution in [3.8, 4) is 11.5 Å². The van der Waals surface area contributed by atoms with Crippen LogP contribution in [0, 0.1) is 0 Å². The molecular formula is C17H20N6O2. The van der Waals surface area contributed by atoms with Crippen molar-refractivity contribution < 1.29 is 9.21 Å². The smallest absolute Gasteiger partial charge is 0.286 e. The van der Waals surface area contributed by atoms with E-state index in [4.69, 9.17) is 9.52 Å². The first-order chi connectivity index (χ1) is 12.2. The third-order valence-electron chi connectivity index (χ3n) is 4.28. The molecule has 1 aliphatic heterocycles. The first kappa shape index (κ1) is 15.6. The summed E-state index contributed by atoms with van der Waals surface area (Å²) in [6.45, 7) is 3.24. The van der Waals surface area contributed by atoms with E-state index in [1.165, 1.54) is 5.69 Å². The van der Waals surface area contributed by atoms with E-state index in [2.05, 4.69) is 21.7 Å². The molecule has 8 heteroatoms. The maximum absolute atomic E-state index is 11.6. The zero-order valence-electron chi connectivity index (χ0n) is 14.0. The molecule has 2 N–H and O–H groups in total. The van der Waals surface area contributed by atoms with E-state index in [9.17, 15) is 4.79 Å². The van der Waals surface area contributed by atoms with Gasteiger partial charge in [-0.25, -0.2) is 4.98 Å². The van der Waals surface area contributed by atoms with E-state index >= 15 is 0 Å². The van der Waals surface area contributed by atoms with Crippen LogP contribution < -0.4 is 10.6 Å². The van der Waals surface area contributed by atoms with Crippen LogP contribution in [0.3, 0.4) is 0 Å². The van der Waals surface area contributed by atoms with Crippen molar-refractivity contribution in [2.24, 2.45) is 0 Å². The highest BCUT2D eigenvalue weighted by molar-refractivity contribution is 5.91. The predicted molar refractivity (Wildman–Crippen MR) is 91.0 cm³/mol. The molecule has 0 atom stereocenters. The largest absolute Gasteiger partial charge is 0.454 e. The number of aryl methyl sites for hydroxylation is 1. The maximum Gasteiger partial charge on any atom is 0.286 e. The van der Waals surface area contributed by atoms with Gasteiger partial charge in [-0.15, -0.1) is 0 Å². The van der Waals surface area contributed by atoms with E-state index < -0.39 is 0 Å². The molecule has 0 aromatic carbocycles. The zero-order chi connectivity index (χ0) is 17.2. The lowest BCUT2D eigenvalue weighted by Crippen LogP contribution is -2.16. The Morgan fingerprint density at radius 3 is 3.24 bits per heavy atom. The number of carbonyl (C=O) groups is 1. The number of fused-ring (bicyclic) bond motifs is 1. The number of furan rings is 1. The van der Waals surface area contributed by atoms with Crippen LogP contribution in [0.15, 0.2) is 35.0 Å². The molecule has 0 unspecified atom stereocenters. The van der Waals surface area contributed by atoms with Gasteiger partial charge in [0.2, 0.25) is 0 Å². The molecule has 8 nitrogen and oxygen atoms in total. The van der Waals surface area contributed by atoms with Gasteiger partial charge in [0, 0.05) is 32.5 Å². The molecule has 1 aliphatic rings. The minimum Gasteiger partial charge on any atom is -0.454 e. The van der Waals surface area contributed by atoms with Crippen LogP contribution in [0.2, 0.25) is 0 Å². The molecule has 0 fully saturated rings. The van der Waals surface area contributed by atoms with Gasteiger partial charge in [-0.2, -0.15) is 5.10 Å². The van der Waals surface area contributed by atoms with Crippen LogP contribution in [0.4, 0.5) is 0 Å². The highest BCUT2D eigenvalue weighted by Crippen LogP contribution is 2.20. The van der Waals surface area contributed by atoms with E-state index in [-0.39, 0.29) is 5.91 Å². The Morgan fingerprint density at radius 1 is 1.44 bits per heavy atom. The van der Waals surface area contributed by atoms with E-state index in [0.717, 1.165) is 37.6 Å². The van der Waals surface area contributed by atoms with Crippen LogP contribution in [-0.4, -0.2) is 38.8 Å². The van der Waals surface area contributed by atoms with Crippen LogP contribution >= 0.6 is 0 Å². The SMILES string of the molecule is CNC(=O)c1ccc(Cn2ccnc2-c2cc3n(n2)CCCNC3)o1. The van der Waals surface area contributed by atoms with Gasteiger partial charge in [0.05, 0.1) is 12.2 Å². The van der Waals surface area contributed by atoms with E-state index in [1.54, 1.807) is 25.4 Å². The Morgan fingerprint density at radius 2 is 2.36 bits per heavy atom. The number of hydrogen-bond acceptors (Lipinski definition) is 5. The van der Waals surface area contributed by atoms with Crippen molar-refractivity contribution in [1.29, 1.82) is 0 Å². The fourth-order valence-electron chi connectivity index (χ4n) is 3.02. The zero-order valence-corrected chi connectivity index (χ0v) is 14.0. The molecule has 4 heterocycles. The lowest BCUT2D eigenvalue weighted by atomic mass is 10.3. The Labute approximate surface area is 144 Å². The van der Waals surface area contributed by atoms with Gasteiger partial charge < -0.3 is 19.6 Å². The predicted octanol–water partition coefficient (Wildman–Crippen LogP) is 1.24. The van der Waals surface area contributed by atoms with Crippen molar-refractivity contribution in [3.63, 3.8) is 0 Å². The summed E-state index contributed by atoms with van der Waals surface area (Å²) in [5.74, 6) is 1.56. The Kier molecular flexibility index (Phi) is 4.10. The molecule has 3 aromatic heterocycles. The summed E-state index contributed by atoms with van der Waals surface area (Å²) in [6.07, 6.45) is 4.71. The molecule has 130 valence electrons. The Balaban J connectivity index is 1.58. The third kappa shape index (κ3) is 3.08. The molecule has 25 heavy (non-hydrogen) atoms. The lowest BCUT2D eigenvalue weighted by molar-refractivity contribution is 0.0933. The number of carbonyl (C=O) groups excluding carboxylic acids is 1. The second-order valence-corrected chi connectivity index (χ2v) is 6.00. The van der Waals surface area contributed by atoms with Gasteiger partial charge in [-0.05, 0) is 31.2 Å². The molecule has 0 saturated carbocycles. The molecule has 0 radical (unpaired) electrons. The monoisotopic (exact) mass is 340 g/mol. The van der Waals surface area contributed by atoms with Gasteiger partial charge in [0.1, 0.15) is 11.5 Å². The Hall–Kier alpha value is -2.87. The summed E-state index contributed by atoms with van der Waals surface area (Å²) in [6, 6.07) is 5.56. The van der Waals surface area contributed by atoms with Crippen molar-refractivity contribution in [3.05, 3.63) is 47.8 Å². The fourth-order valence-corrected chi connectivity index (χ4v) is 3.02. The van der Waals surface area contributed by atoms with Gasteiger partial charge in [-0.3, -0.25) is 9.48 Å². The summed E-state index contributed by atoms with van der Waals surface area (Å²) in [5.41, 5.74) is 2.02. The number of aromatic nitrogens is 4. The average molecular weight is 340 g/mol. The summed E-state index contributed by atoms with van der Waals surface area (Å²) < 4.78 is 9.62. The number of hydrogen-bond donors (Lipinski definition) is 2. The van der Waals surface area contributed by atoms with Crippen LogP contribution in [0.1, 0.15) is 28.4 Å². The topological polar surface area (TPSA) is 89.9 Å². The van der Waals surface area contributed by atoms with Gasteiger partial charge >= 0.3 is 0 Å². The second kappa shape index (κ2) is 6.56. The van der Waals surface area contributed by atoms with Crippen LogP contribution in [0.25, 0.3) is 11.5 Å². The van der Waals surface area contributed by atoms with E-state index in [0.29, 0.717) is 18.1 Å². The van der Waals surface area contributed by atoms with Gasteiger partial charge in [0.25, 0.3) is 5.91 Å². The average Bonchev–Trinajstić information content (AvgIpc) is 3.33. The molecule has 0 bridgehead atoms. The van der Waals surface area contributed by atoms with Crippen molar-refractivity contribution in [2.75, 3.05) is 13.6 Å². The number of imidazole rings is 1. The number of amides is 1. The molecule has 4 rings (SSSR count). The second-order valence-electron chi connectivity index (χ2n) is 6.00. The number of nitrogens with zero attached hydrogens (tertiary/aromatic N) is 4. The third-order valence-corrected chi connectivity index (χ3v) is 4.28. The first-order valence-corrected chi connectivity index (χ1v) is 8.34. The quantitative estimate of drug-likeness (QED) is 0.746. The summed E-state index contributed by atoms with van der Waals surface area (Å²) in [5, 5.41) is 10.6. The first-order valence-electron chi connectivity index (χ1n) is 8.34. The fraction of sp³-hybridized carbons (Fsp3) is 0.353. The van der Waals surface area contributed by atoms with Gasteiger partial charge in [0.15, 0.2) is 11.6 Å². The standard InChI is InChI=1S/C17H20N6O2/c1-18-17(24)15-4-3-13(25-15)11-22-8-6-20-16(22)14-9-12-10-19-5-2-7-23(12)21-14/h3-4,6,8-9,19H,2,5,7,10-11H2,1H3,(H,18,24). The van der Waals surface area contributed by atoms with Gasteiger partial charge in [-0.1, -0.05) is 0 Å². The van der Waals surface area contributed by atoms with Crippen molar-refractivity contribution in [2.45, 2.75) is 26.1 Å². The number of nitrogens with one attached hydrogen (secondary N) is 2. The molecular weight excluding hydrogens is 320 g/mol. The summed E-state index contributed by atoms with van der Waals surface area (Å²) >= 11 is 0. The van der Waals surface area contributed by atoms with Crippen LogP contribution in [0.5, 0.6) is 0 Å². The molecule has 0 spiro atoms. The summed E-state index contributed by atoms with van der Waals surface area (Å²) in [7, 11) is 1.58.